The van der Waals surface area contributed by atoms with Gasteiger partial charge in [0.2, 0.25) is 0 Å². The summed E-state index contributed by atoms with van der Waals surface area (Å²) in [6, 6.07) is 8.59. The fourth-order valence-electron chi connectivity index (χ4n) is 2.59. The quantitative estimate of drug-likeness (QED) is 0.265. The van der Waals surface area contributed by atoms with Crippen molar-refractivity contribution in [1.82, 2.24) is 0 Å². The van der Waals surface area contributed by atoms with Gasteiger partial charge in [-0.15, -0.1) is 0 Å². The van der Waals surface area contributed by atoms with Gasteiger partial charge in [0.15, 0.2) is 24.8 Å². The molecule has 0 aliphatic carbocycles. The van der Waals surface area contributed by atoms with Crippen molar-refractivity contribution in [3.8, 4) is 23.7 Å². The molecule has 0 saturated carbocycles. The highest BCUT2D eigenvalue weighted by atomic mass is 35.5. The van der Waals surface area contributed by atoms with Crippen LogP contribution in [0.4, 0.5) is 0 Å². The molecule has 0 atom stereocenters. The second-order valence-corrected chi connectivity index (χ2v) is 6.74. The van der Waals surface area contributed by atoms with Crippen LogP contribution in [0.15, 0.2) is 49.1 Å². The van der Waals surface area contributed by atoms with Crippen LogP contribution in [-0.4, -0.2) is 0 Å². The van der Waals surface area contributed by atoms with Crippen molar-refractivity contribution in [2.45, 2.75) is 65.5 Å². The molecule has 0 aromatic carbocycles. The average Bonchev–Trinajstić information content (AvgIpc) is 2.65. The van der Waals surface area contributed by atoms with Gasteiger partial charge in [0.25, 0.3) is 0 Å². The van der Waals surface area contributed by atoms with E-state index in [9.17, 15) is 0 Å². The third-order valence-corrected chi connectivity index (χ3v) is 4.29. The van der Waals surface area contributed by atoms with Gasteiger partial charge in [-0.3, -0.25) is 0 Å². The average molecular weight is 417 g/mol. The Balaban J connectivity index is 0.00000364. The monoisotopic (exact) mass is 416 g/mol. The van der Waals surface area contributed by atoms with Crippen molar-refractivity contribution in [3.63, 3.8) is 0 Å². The summed E-state index contributed by atoms with van der Waals surface area (Å²) in [5, 5.41) is 0. The summed E-state index contributed by atoms with van der Waals surface area (Å²) in [6.45, 7) is 6.35. The van der Waals surface area contributed by atoms with Gasteiger partial charge in [-0.05, 0) is 49.7 Å². The van der Waals surface area contributed by atoms with Crippen LogP contribution in [0.5, 0.6) is 0 Å². The Kier molecular flexibility index (Phi) is 14.9. The molecule has 0 N–H and O–H groups in total. The third kappa shape index (κ3) is 11.7. The zero-order valence-corrected chi connectivity index (χ0v) is 18.4. The van der Waals surface area contributed by atoms with E-state index in [1.807, 2.05) is 0 Å². The lowest BCUT2D eigenvalue weighted by Gasteiger charge is -1.95. The fourth-order valence-corrected chi connectivity index (χ4v) is 2.59. The van der Waals surface area contributed by atoms with E-state index in [0.717, 1.165) is 51.6 Å². The number of aromatic nitrogens is 2. The van der Waals surface area contributed by atoms with Gasteiger partial charge in [0.1, 0.15) is 13.1 Å². The molecular formula is C24H30Cl2N2. The standard InChI is InChI=1S/C24H30N2.2ClH/c1-23-13-19-25(20-14-23)17-11-9-7-5-3-4-6-8-10-12-18-26-21-15-24(2)16-22-26;;/h13-16,19-22H,7-12,17-18H2,1-2H3;2*1H/q+2;;/p-2. The molecule has 2 aromatic rings. The maximum atomic E-state index is 3.17. The normalized spacial score (nSPS) is 9.07. The molecule has 0 saturated heterocycles. The second-order valence-electron chi connectivity index (χ2n) is 6.74. The van der Waals surface area contributed by atoms with Gasteiger partial charge in [-0.2, -0.15) is 0 Å². The first-order valence-corrected chi connectivity index (χ1v) is 9.61. The Bertz CT molecular complexity index is 706. The number of aryl methyl sites for hydroxylation is 4. The van der Waals surface area contributed by atoms with Crippen molar-refractivity contribution in [2.75, 3.05) is 0 Å². The minimum Gasteiger partial charge on any atom is -1.00 e. The molecular weight excluding hydrogens is 387 g/mol. The predicted molar refractivity (Wildman–Crippen MR) is 106 cm³/mol. The van der Waals surface area contributed by atoms with Gasteiger partial charge >= 0.3 is 0 Å². The largest absolute Gasteiger partial charge is 1.00 e. The molecule has 0 aliphatic rings. The lowest BCUT2D eigenvalue weighted by atomic mass is 10.2. The lowest BCUT2D eigenvalue weighted by Crippen LogP contribution is -3.00. The molecule has 0 amide bonds. The second kappa shape index (κ2) is 16.0. The third-order valence-electron chi connectivity index (χ3n) is 4.29. The Morgan fingerprint density at radius 1 is 0.607 bits per heavy atom. The molecule has 4 heteroatoms. The summed E-state index contributed by atoms with van der Waals surface area (Å²) in [5.41, 5.74) is 2.61. The van der Waals surface area contributed by atoms with Gasteiger partial charge in [0.05, 0.1) is 0 Å². The van der Waals surface area contributed by atoms with Crippen LogP contribution in [0.1, 0.15) is 49.7 Å². The van der Waals surface area contributed by atoms with Crippen LogP contribution in [0.3, 0.4) is 0 Å². The Morgan fingerprint density at radius 3 is 1.32 bits per heavy atom. The van der Waals surface area contributed by atoms with E-state index in [0.29, 0.717) is 0 Å². The highest BCUT2D eigenvalue weighted by Gasteiger charge is 1.98. The molecule has 2 heterocycles. The maximum absolute atomic E-state index is 3.17. The molecule has 0 spiro atoms. The number of halogens is 2. The van der Waals surface area contributed by atoms with Gasteiger partial charge in [0, 0.05) is 49.9 Å². The van der Waals surface area contributed by atoms with E-state index in [1.165, 1.54) is 11.1 Å². The Labute approximate surface area is 183 Å². The zero-order valence-electron chi connectivity index (χ0n) is 16.9. The van der Waals surface area contributed by atoms with E-state index in [1.54, 1.807) is 0 Å². The highest BCUT2D eigenvalue weighted by molar-refractivity contribution is 5.25. The summed E-state index contributed by atoms with van der Waals surface area (Å²) in [5.74, 6) is 12.3. The van der Waals surface area contributed by atoms with Crippen molar-refractivity contribution in [1.29, 1.82) is 0 Å². The summed E-state index contributed by atoms with van der Waals surface area (Å²) in [6.07, 6.45) is 15.0. The number of hydrogen-bond donors (Lipinski definition) is 0. The van der Waals surface area contributed by atoms with E-state index < -0.39 is 0 Å². The first-order chi connectivity index (χ1) is 12.7. The van der Waals surface area contributed by atoms with E-state index in [2.05, 4.69) is 95.7 Å². The predicted octanol–water partition coefficient (Wildman–Crippen LogP) is -2.07. The van der Waals surface area contributed by atoms with Crippen LogP contribution in [0.2, 0.25) is 0 Å². The molecule has 2 rings (SSSR count). The van der Waals surface area contributed by atoms with Crippen molar-refractivity contribution in [2.24, 2.45) is 0 Å². The maximum Gasteiger partial charge on any atom is 0.169 e. The molecule has 0 unspecified atom stereocenters. The van der Waals surface area contributed by atoms with E-state index in [-0.39, 0.29) is 24.8 Å². The van der Waals surface area contributed by atoms with Crippen LogP contribution in [0.25, 0.3) is 0 Å². The van der Waals surface area contributed by atoms with Crippen LogP contribution in [0, 0.1) is 37.5 Å². The van der Waals surface area contributed by atoms with Gasteiger partial charge in [-0.1, -0.05) is 11.8 Å². The smallest absolute Gasteiger partial charge is 0.169 e. The summed E-state index contributed by atoms with van der Waals surface area (Å²) < 4.78 is 4.46. The Hall–Kier alpha value is -2.00. The zero-order chi connectivity index (χ0) is 18.5. The van der Waals surface area contributed by atoms with Gasteiger partial charge < -0.3 is 24.8 Å². The van der Waals surface area contributed by atoms with Crippen molar-refractivity contribution < 1.29 is 33.9 Å². The van der Waals surface area contributed by atoms with Crippen molar-refractivity contribution >= 4 is 0 Å². The van der Waals surface area contributed by atoms with Crippen LogP contribution in [-0.2, 0) is 13.1 Å². The molecule has 28 heavy (non-hydrogen) atoms. The Morgan fingerprint density at radius 2 is 0.964 bits per heavy atom. The number of unbranched alkanes of at least 4 members (excludes halogenated alkanes) is 4. The summed E-state index contributed by atoms with van der Waals surface area (Å²) in [4.78, 5) is 0. The lowest BCUT2D eigenvalue weighted by molar-refractivity contribution is -0.697. The molecule has 150 valence electrons. The summed E-state index contributed by atoms with van der Waals surface area (Å²) >= 11 is 0. The van der Waals surface area contributed by atoms with E-state index >= 15 is 0 Å². The number of pyridine rings is 2. The molecule has 2 aromatic heterocycles. The first-order valence-electron chi connectivity index (χ1n) is 9.61. The van der Waals surface area contributed by atoms with E-state index in [4.69, 9.17) is 0 Å². The van der Waals surface area contributed by atoms with Crippen LogP contribution >= 0.6 is 0 Å². The number of rotatable bonds is 8. The minimum atomic E-state index is 0. The van der Waals surface area contributed by atoms with Crippen molar-refractivity contribution in [3.05, 3.63) is 60.2 Å². The highest BCUT2D eigenvalue weighted by Crippen LogP contribution is 1.96. The number of nitrogens with zero attached hydrogens (tertiary/aromatic N) is 2. The topological polar surface area (TPSA) is 7.76 Å². The minimum absolute atomic E-state index is 0. The molecule has 0 radical (unpaired) electrons. The molecule has 2 nitrogen and oxygen atoms in total. The molecule has 0 aliphatic heterocycles. The van der Waals surface area contributed by atoms with Gasteiger partial charge in [-0.25, -0.2) is 9.13 Å². The molecule has 0 fully saturated rings. The van der Waals surface area contributed by atoms with Crippen LogP contribution < -0.4 is 33.9 Å². The number of hydrogen-bond acceptors (Lipinski definition) is 0. The SMILES string of the molecule is Cc1cc[n+](CCCCC#CC#CCCCC[n+]2ccc(C)cc2)cc1.[Cl-].[Cl-]. The first kappa shape index (κ1) is 26.0. The fraction of sp³-hybridized carbons (Fsp3) is 0.417. The summed E-state index contributed by atoms with van der Waals surface area (Å²) in [7, 11) is 0. The molecule has 0 bridgehead atoms.